The quantitative estimate of drug-likeness (QED) is 0.437. The van der Waals surface area contributed by atoms with E-state index in [1.807, 2.05) is 59.2 Å². The molecule has 0 fully saturated rings. The third-order valence-corrected chi connectivity index (χ3v) is 5.24. The monoisotopic (exact) mass is 415 g/mol. The Kier molecular flexibility index (Phi) is 4.91. The van der Waals surface area contributed by atoms with Gasteiger partial charge in [-0.3, -0.25) is 14.8 Å². The first-order valence-electron chi connectivity index (χ1n) is 10.0. The molecule has 0 unspecified atom stereocenters. The zero-order valence-electron chi connectivity index (χ0n) is 16.9. The average Bonchev–Trinajstić information content (AvgIpc) is 3.23. The highest BCUT2D eigenvalue weighted by Crippen LogP contribution is 2.29. The van der Waals surface area contributed by atoms with Gasteiger partial charge in [-0.05, 0) is 77.9 Å². The van der Waals surface area contributed by atoms with Gasteiger partial charge in [-0.1, -0.05) is 6.07 Å². The largest absolute Gasteiger partial charge is 0.322 e. The fourth-order valence-electron chi connectivity index (χ4n) is 3.69. The Morgan fingerprint density at radius 3 is 2.41 bits per heavy atom. The summed E-state index contributed by atoms with van der Waals surface area (Å²) in [5, 5.41) is 13.6. The lowest BCUT2D eigenvalue weighted by molar-refractivity contribution is 0.102. The summed E-state index contributed by atoms with van der Waals surface area (Å²) in [6.45, 7) is 0. The number of anilines is 1. The van der Waals surface area contributed by atoms with Crippen LogP contribution in [0.5, 0.6) is 0 Å². The van der Waals surface area contributed by atoms with Crippen LogP contribution in [0.3, 0.4) is 0 Å². The van der Waals surface area contributed by atoms with Crippen molar-refractivity contribution in [2.24, 2.45) is 0 Å². The number of nitriles is 1. The molecule has 0 saturated heterocycles. The molecule has 1 amide bonds. The number of nitrogens with zero attached hydrogens (tertiary/aromatic N) is 4. The minimum Gasteiger partial charge on any atom is -0.322 e. The van der Waals surface area contributed by atoms with Gasteiger partial charge in [0.15, 0.2) is 0 Å². The number of carbonyl (C=O) groups is 1. The van der Waals surface area contributed by atoms with E-state index in [9.17, 15) is 10.1 Å². The van der Waals surface area contributed by atoms with E-state index in [-0.39, 0.29) is 5.91 Å². The van der Waals surface area contributed by atoms with E-state index in [1.165, 1.54) is 6.20 Å². The van der Waals surface area contributed by atoms with Crippen molar-refractivity contribution in [2.45, 2.75) is 0 Å². The van der Waals surface area contributed by atoms with Crippen LogP contribution in [0.15, 0.2) is 97.6 Å². The van der Waals surface area contributed by atoms with Crippen LogP contribution in [0.4, 0.5) is 5.69 Å². The topological polar surface area (TPSA) is 83.6 Å². The Morgan fingerprint density at radius 2 is 1.69 bits per heavy atom. The maximum absolute atomic E-state index is 12.3. The third-order valence-electron chi connectivity index (χ3n) is 5.24. The summed E-state index contributed by atoms with van der Waals surface area (Å²) in [6.07, 6.45) is 6.68. The standard InChI is InChI=1S/C26H17N5O/c27-16-24-15-21-14-19(18-9-12-28-13-10-18)3-8-25(21)31(24)23-6-4-22(5-7-23)30-26(32)20-2-1-11-29-17-20/h1-15,17H,(H,30,32). The molecule has 5 rings (SSSR count). The second-order valence-corrected chi connectivity index (χ2v) is 7.23. The molecule has 0 bridgehead atoms. The minimum absolute atomic E-state index is 0.224. The highest BCUT2D eigenvalue weighted by atomic mass is 16.1. The molecule has 152 valence electrons. The first kappa shape index (κ1) is 19.2. The van der Waals surface area contributed by atoms with Gasteiger partial charge in [-0.25, -0.2) is 0 Å². The number of hydrogen-bond acceptors (Lipinski definition) is 4. The average molecular weight is 415 g/mol. The predicted octanol–water partition coefficient (Wildman–Crippen LogP) is 5.21. The summed E-state index contributed by atoms with van der Waals surface area (Å²) in [5.41, 5.74) is 5.61. The van der Waals surface area contributed by atoms with Crippen molar-refractivity contribution in [3.63, 3.8) is 0 Å². The minimum atomic E-state index is -0.224. The molecule has 6 heteroatoms. The SMILES string of the molecule is N#Cc1cc2cc(-c3ccncc3)ccc2n1-c1ccc(NC(=O)c2cccnc2)cc1. The van der Waals surface area contributed by atoms with Crippen LogP contribution >= 0.6 is 0 Å². The van der Waals surface area contributed by atoms with E-state index < -0.39 is 0 Å². The molecular formula is C26H17N5O. The van der Waals surface area contributed by atoms with Gasteiger partial charge >= 0.3 is 0 Å². The number of rotatable bonds is 4. The van der Waals surface area contributed by atoms with E-state index in [0.717, 1.165) is 27.7 Å². The van der Waals surface area contributed by atoms with Crippen molar-refractivity contribution in [1.82, 2.24) is 14.5 Å². The number of nitrogens with one attached hydrogen (secondary N) is 1. The normalized spacial score (nSPS) is 10.6. The second kappa shape index (κ2) is 8.17. The molecule has 0 aliphatic rings. The van der Waals surface area contributed by atoms with Crippen molar-refractivity contribution in [3.8, 4) is 22.9 Å². The van der Waals surface area contributed by atoms with Crippen LogP contribution in [0, 0.1) is 11.3 Å². The molecule has 0 aliphatic carbocycles. The van der Waals surface area contributed by atoms with Gasteiger partial charge in [0.1, 0.15) is 11.8 Å². The molecule has 0 atom stereocenters. The van der Waals surface area contributed by atoms with Crippen LogP contribution in [0.25, 0.3) is 27.7 Å². The lowest BCUT2D eigenvalue weighted by atomic mass is 10.1. The van der Waals surface area contributed by atoms with Crippen LogP contribution in [-0.2, 0) is 0 Å². The molecule has 3 heterocycles. The Bertz CT molecular complexity index is 1450. The third kappa shape index (κ3) is 3.59. The van der Waals surface area contributed by atoms with E-state index in [0.29, 0.717) is 16.9 Å². The molecule has 5 aromatic rings. The highest BCUT2D eigenvalue weighted by Gasteiger charge is 2.12. The van der Waals surface area contributed by atoms with E-state index >= 15 is 0 Å². The van der Waals surface area contributed by atoms with Crippen LogP contribution < -0.4 is 5.32 Å². The van der Waals surface area contributed by atoms with Crippen molar-refractivity contribution < 1.29 is 4.79 Å². The molecule has 2 aromatic carbocycles. The smallest absolute Gasteiger partial charge is 0.257 e. The summed E-state index contributed by atoms with van der Waals surface area (Å²) in [6, 6.07) is 25.1. The summed E-state index contributed by atoms with van der Waals surface area (Å²) in [4.78, 5) is 20.4. The Hall–Kier alpha value is -4.76. The molecule has 3 aromatic heterocycles. The summed E-state index contributed by atoms with van der Waals surface area (Å²) < 4.78 is 1.92. The molecule has 0 aliphatic heterocycles. The summed E-state index contributed by atoms with van der Waals surface area (Å²) in [5.74, 6) is -0.224. The number of amides is 1. The number of carbonyl (C=O) groups excluding carboxylic acids is 1. The van der Waals surface area contributed by atoms with Gasteiger partial charge in [-0.2, -0.15) is 5.26 Å². The van der Waals surface area contributed by atoms with Gasteiger partial charge in [0.25, 0.3) is 5.91 Å². The Labute approximate surface area is 184 Å². The molecule has 0 radical (unpaired) electrons. The number of benzene rings is 2. The molecule has 32 heavy (non-hydrogen) atoms. The van der Waals surface area contributed by atoms with Gasteiger partial charge in [0.05, 0.1) is 11.1 Å². The summed E-state index contributed by atoms with van der Waals surface area (Å²) in [7, 11) is 0. The zero-order valence-corrected chi connectivity index (χ0v) is 16.9. The van der Waals surface area contributed by atoms with Crippen molar-refractivity contribution in [1.29, 1.82) is 5.26 Å². The Balaban J connectivity index is 1.47. The van der Waals surface area contributed by atoms with E-state index in [2.05, 4.69) is 27.4 Å². The van der Waals surface area contributed by atoms with E-state index in [1.54, 1.807) is 30.7 Å². The molecule has 1 N–H and O–H groups in total. The fourth-order valence-corrected chi connectivity index (χ4v) is 3.69. The Morgan fingerprint density at radius 1 is 0.875 bits per heavy atom. The lowest BCUT2D eigenvalue weighted by Gasteiger charge is -2.10. The number of hydrogen-bond donors (Lipinski definition) is 1. The van der Waals surface area contributed by atoms with E-state index in [4.69, 9.17) is 0 Å². The number of pyridine rings is 2. The predicted molar refractivity (Wildman–Crippen MR) is 123 cm³/mol. The van der Waals surface area contributed by atoms with Crippen LogP contribution in [-0.4, -0.2) is 20.4 Å². The zero-order chi connectivity index (χ0) is 21.9. The van der Waals surface area contributed by atoms with Crippen molar-refractivity contribution in [3.05, 3.63) is 109 Å². The molecular weight excluding hydrogens is 398 g/mol. The van der Waals surface area contributed by atoms with Gasteiger partial charge in [-0.15, -0.1) is 0 Å². The summed E-state index contributed by atoms with van der Waals surface area (Å²) >= 11 is 0. The number of aromatic nitrogens is 3. The molecule has 6 nitrogen and oxygen atoms in total. The van der Waals surface area contributed by atoms with Gasteiger partial charge in [0.2, 0.25) is 0 Å². The van der Waals surface area contributed by atoms with Crippen LogP contribution in [0.1, 0.15) is 16.1 Å². The van der Waals surface area contributed by atoms with Crippen molar-refractivity contribution in [2.75, 3.05) is 5.32 Å². The second-order valence-electron chi connectivity index (χ2n) is 7.23. The molecule has 0 spiro atoms. The maximum atomic E-state index is 12.3. The first-order chi connectivity index (χ1) is 15.7. The lowest BCUT2D eigenvalue weighted by Crippen LogP contribution is -2.12. The maximum Gasteiger partial charge on any atom is 0.257 e. The first-order valence-corrected chi connectivity index (χ1v) is 10.0. The fraction of sp³-hybridized carbons (Fsp3) is 0. The van der Waals surface area contributed by atoms with Crippen LogP contribution in [0.2, 0.25) is 0 Å². The molecule has 0 saturated carbocycles. The highest BCUT2D eigenvalue weighted by molar-refractivity contribution is 6.04. The van der Waals surface area contributed by atoms with Gasteiger partial charge < -0.3 is 9.88 Å². The van der Waals surface area contributed by atoms with Crippen molar-refractivity contribution >= 4 is 22.5 Å². The number of fused-ring (bicyclic) bond motifs is 1. The van der Waals surface area contributed by atoms with Gasteiger partial charge in [0, 0.05) is 41.5 Å².